The van der Waals surface area contributed by atoms with Crippen LogP contribution in [0, 0.1) is 10.1 Å². The lowest BCUT2D eigenvalue weighted by Crippen LogP contribution is -2.05. The van der Waals surface area contributed by atoms with Gasteiger partial charge in [0, 0.05) is 32.3 Å². The Morgan fingerprint density at radius 3 is 3.00 bits per heavy atom. The molecular weight excluding hydrogens is 274 g/mol. The molecule has 0 radical (unpaired) electrons. The van der Waals surface area contributed by atoms with Crippen molar-refractivity contribution in [2.24, 2.45) is 7.05 Å². The molecule has 0 spiro atoms. The van der Waals surface area contributed by atoms with Gasteiger partial charge in [-0.1, -0.05) is 6.07 Å². The van der Waals surface area contributed by atoms with E-state index < -0.39 is 4.92 Å². The number of anilines is 1. The highest BCUT2D eigenvalue weighted by molar-refractivity contribution is 5.83. The first-order chi connectivity index (χ1) is 10.1. The zero-order valence-electron chi connectivity index (χ0n) is 11.3. The van der Waals surface area contributed by atoms with Crippen LogP contribution in [0.2, 0.25) is 0 Å². The van der Waals surface area contributed by atoms with Gasteiger partial charge in [-0.25, -0.2) is 0 Å². The minimum atomic E-state index is -0.470. The fraction of sp³-hybridized carbons (Fsp3) is 0.231. The van der Waals surface area contributed by atoms with Gasteiger partial charge >= 0.3 is 0 Å². The molecule has 3 aromatic rings. The average Bonchev–Trinajstić information content (AvgIpc) is 3.04. The summed E-state index contributed by atoms with van der Waals surface area (Å²) in [5.41, 5.74) is 1.54. The maximum atomic E-state index is 10.9. The summed E-state index contributed by atoms with van der Waals surface area (Å²) in [6.07, 6.45) is 2.58. The number of oxazole rings is 1. The molecule has 0 aliphatic carbocycles. The first-order valence-corrected chi connectivity index (χ1v) is 6.40. The second-order valence-corrected chi connectivity index (χ2v) is 4.56. The van der Waals surface area contributed by atoms with Crippen LogP contribution in [0.4, 0.5) is 11.7 Å². The maximum absolute atomic E-state index is 10.9. The number of aromatic nitrogens is 3. The molecule has 0 bridgehead atoms. The molecule has 0 saturated carbocycles. The second-order valence-electron chi connectivity index (χ2n) is 4.56. The third kappa shape index (κ3) is 2.69. The molecule has 3 rings (SSSR count). The summed E-state index contributed by atoms with van der Waals surface area (Å²) < 4.78 is 7.18. The third-order valence-corrected chi connectivity index (χ3v) is 3.02. The number of non-ortho nitro benzene ring substituents is 1. The number of nitrogens with one attached hydrogen (secondary N) is 1. The van der Waals surface area contributed by atoms with Gasteiger partial charge in [-0.15, -0.1) is 0 Å². The Labute approximate surface area is 119 Å². The van der Waals surface area contributed by atoms with Crippen molar-refractivity contribution < 1.29 is 9.34 Å². The normalized spacial score (nSPS) is 10.9. The van der Waals surface area contributed by atoms with Crippen molar-refractivity contribution in [3.63, 3.8) is 0 Å². The number of hydrogen-bond acceptors (Lipinski definition) is 6. The van der Waals surface area contributed by atoms with E-state index in [4.69, 9.17) is 4.42 Å². The van der Waals surface area contributed by atoms with E-state index in [0.29, 0.717) is 18.5 Å². The summed E-state index contributed by atoms with van der Waals surface area (Å²) in [5, 5.41) is 18.2. The largest absolute Gasteiger partial charge is 0.423 e. The summed E-state index contributed by atoms with van der Waals surface area (Å²) in [6, 6.07) is 6.83. The molecule has 0 saturated heterocycles. The number of aryl methyl sites for hydroxylation is 1. The molecule has 0 aliphatic heterocycles. The van der Waals surface area contributed by atoms with Gasteiger partial charge in [0.15, 0.2) is 11.1 Å². The highest BCUT2D eigenvalue weighted by atomic mass is 16.6. The molecule has 0 aliphatic rings. The molecule has 108 valence electrons. The van der Waals surface area contributed by atoms with Gasteiger partial charge in [0.1, 0.15) is 0 Å². The number of rotatable bonds is 5. The summed E-state index contributed by atoms with van der Waals surface area (Å²) in [5.74, 6) is 0. The van der Waals surface area contributed by atoms with Gasteiger partial charge in [0.05, 0.1) is 10.6 Å². The van der Waals surface area contributed by atoms with Gasteiger partial charge in [0.25, 0.3) is 11.7 Å². The highest BCUT2D eigenvalue weighted by Crippen LogP contribution is 2.27. The molecule has 0 unspecified atom stereocenters. The van der Waals surface area contributed by atoms with Gasteiger partial charge in [-0.3, -0.25) is 14.8 Å². The van der Waals surface area contributed by atoms with Crippen LogP contribution in [-0.4, -0.2) is 26.2 Å². The molecule has 0 atom stereocenters. The lowest BCUT2D eigenvalue weighted by Gasteiger charge is -1.98. The van der Waals surface area contributed by atoms with Gasteiger partial charge in [0.2, 0.25) is 0 Å². The Morgan fingerprint density at radius 2 is 2.29 bits per heavy atom. The molecule has 21 heavy (non-hydrogen) atoms. The van der Waals surface area contributed by atoms with E-state index >= 15 is 0 Å². The van der Waals surface area contributed by atoms with Crippen molar-refractivity contribution >= 4 is 22.8 Å². The Morgan fingerprint density at radius 1 is 1.43 bits per heavy atom. The van der Waals surface area contributed by atoms with Gasteiger partial charge in [-0.2, -0.15) is 10.1 Å². The van der Waals surface area contributed by atoms with Crippen LogP contribution in [0.15, 0.2) is 34.9 Å². The van der Waals surface area contributed by atoms with E-state index in [9.17, 15) is 10.1 Å². The van der Waals surface area contributed by atoms with Crippen molar-refractivity contribution in [2.45, 2.75) is 6.42 Å². The quantitative estimate of drug-likeness (QED) is 0.570. The zero-order chi connectivity index (χ0) is 14.8. The maximum Gasteiger partial charge on any atom is 0.298 e. The van der Waals surface area contributed by atoms with Crippen LogP contribution in [0.3, 0.4) is 0 Å². The average molecular weight is 287 g/mol. The third-order valence-electron chi connectivity index (χ3n) is 3.02. The lowest BCUT2D eigenvalue weighted by atomic mass is 10.3. The number of benzene rings is 1. The standard InChI is InChI=1S/C13H13N5O3/c1-17-8-6-9(16-17)5-7-14-13-15-12-10(18(19)20)3-2-4-11(12)21-13/h2-4,6,8H,5,7H2,1H3,(H,14,15). The smallest absolute Gasteiger partial charge is 0.298 e. The minimum Gasteiger partial charge on any atom is -0.423 e. The van der Waals surface area contributed by atoms with Crippen molar-refractivity contribution in [3.8, 4) is 0 Å². The predicted octanol–water partition coefficient (Wildman–Crippen LogP) is 2.12. The Hall–Kier alpha value is -2.90. The monoisotopic (exact) mass is 287 g/mol. The number of para-hydroxylation sites is 1. The first-order valence-electron chi connectivity index (χ1n) is 6.40. The molecule has 0 amide bonds. The lowest BCUT2D eigenvalue weighted by molar-refractivity contribution is -0.383. The van der Waals surface area contributed by atoms with E-state index in [1.807, 2.05) is 19.3 Å². The van der Waals surface area contributed by atoms with E-state index in [2.05, 4.69) is 15.4 Å². The van der Waals surface area contributed by atoms with Crippen LogP contribution in [0.25, 0.3) is 11.1 Å². The van der Waals surface area contributed by atoms with Crippen LogP contribution >= 0.6 is 0 Å². The van der Waals surface area contributed by atoms with Crippen LogP contribution in [0.1, 0.15) is 5.69 Å². The first kappa shape index (κ1) is 13.1. The number of nitro groups is 1. The van der Waals surface area contributed by atoms with E-state index in [-0.39, 0.29) is 17.2 Å². The fourth-order valence-electron chi connectivity index (χ4n) is 2.05. The summed E-state index contributed by atoms with van der Waals surface area (Å²) >= 11 is 0. The zero-order valence-corrected chi connectivity index (χ0v) is 11.3. The second kappa shape index (κ2) is 5.23. The number of hydrogen-bond donors (Lipinski definition) is 1. The van der Waals surface area contributed by atoms with Crippen molar-refractivity contribution in [1.82, 2.24) is 14.8 Å². The SMILES string of the molecule is Cn1ccc(CCNc2nc3c([N+](=O)[O-])cccc3o2)n1. The molecule has 1 aromatic carbocycles. The predicted molar refractivity (Wildman–Crippen MR) is 76.1 cm³/mol. The molecule has 2 aromatic heterocycles. The van der Waals surface area contributed by atoms with E-state index in [1.165, 1.54) is 6.07 Å². The molecule has 8 nitrogen and oxygen atoms in total. The molecule has 0 fully saturated rings. The number of nitrogens with zero attached hydrogens (tertiary/aromatic N) is 4. The summed E-state index contributed by atoms with van der Waals surface area (Å²) in [7, 11) is 1.86. The van der Waals surface area contributed by atoms with Crippen LogP contribution < -0.4 is 5.32 Å². The van der Waals surface area contributed by atoms with Crippen molar-refractivity contribution in [3.05, 3.63) is 46.3 Å². The van der Waals surface area contributed by atoms with Gasteiger partial charge in [-0.05, 0) is 12.1 Å². The Kier molecular flexibility index (Phi) is 3.27. The Bertz CT molecular complexity index is 792. The van der Waals surface area contributed by atoms with Crippen molar-refractivity contribution in [2.75, 3.05) is 11.9 Å². The number of fused-ring (bicyclic) bond motifs is 1. The van der Waals surface area contributed by atoms with E-state index in [1.54, 1.807) is 16.8 Å². The molecule has 1 N–H and O–H groups in total. The molecule has 8 heteroatoms. The summed E-state index contributed by atoms with van der Waals surface area (Å²) in [6.45, 7) is 0.581. The topological polar surface area (TPSA) is 99.0 Å². The number of nitro benzene ring substituents is 1. The van der Waals surface area contributed by atoms with Gasteiger partial charge < -0.3 is 9.73 Å². The van der Waals surface area contributed by atoms with Crippen LogP contribution in [0.5, 0.6) is 0 Å². The fourth-order valence-corrected chi connectivity index (χ4v) is 2.05. The molecular formula is C13H13N5O3. The van der Waals surface area contributed by atoms with E-state index in [0.717, 1.165) is 5.69 Å². The summed E-state index contributed by atoms with van der Waals surface area (Å²) in [4.78, 5) is 14.6. The molecule has 2 heterocycles. The Balaban J connectivity index is 1.73. The van der Waals surface area contributed by atoms with Crippen molar-refractivity contribution in [1.29, 1.82) is 0 Å². The highest BCUT2D eigenvalue weighted by Gasteiger charge is 2.17. The van der Waals surface area contributed by atoms with Crippen LogP contribution in [-0.2, 0) is 13.5 Å². The minimum absolute atomic E-state index is 0.0611.